The van der Waals surface area contributed by atoms with E-state index in [1.807, 2.05) is 56.3 Å². The van der Waals surface area contributed by atoms with Crippen LogP contribution >= 0.6 is 0 Å². The number of fused-ring (bicyclic) bond motifs is 1. The summed E-state index contributed by atoms with van der Waals surface area (Å²) in [6, 6.07) is 15.0. The highest BCUT2D eigenvalue weighted by atomic mass is 16.8. The van der Waals surface area contributed by atoms with E-state index in [1.54, 1.807) is 12.3 Å². The lowest BCUT2D eigenvalue weighted by Crippen LogP contribution is -2.99. The van der Waals surface area contributed by atoms with Crippen LogP contribution in [0.4, 0.5) is 5.69 Å². The predicted molar refractivity (Wildman–Crippen MR) is 110 cm³/mol. The van der Waals surface area contributed by atoms with E-state index in [9.17, 15) is 15.2 Å². The van der Waals surface area contributed by atoms with Crippen molar-refractivity contribution in [2.45, 2.75) is 26.2 Å². The van der Waals surface area contributed by atoms with Crippen molar-refractivity contribution < 1.29 is 15.2 Å². The first-order valence-corrected chi connectivity index (χ1v) is 9.50. The molecule has 2 unspecified atom stereocenters. The second-order valence-electron chi connectivity index (χ2n) is 7.45. The third-order valence-corrected chi connectivity index (χ3v) is 4.88. The monoisotopic (exact) mass is 392 g/mol. The Bertz CT molecular complexity index is 1050. The lowest BCUT2D eigenvalue weighted by atomic mass is 9.87. The molecule has 7 heteroatoms. The van der Waals surface area contributed by atoms with Gasteiger partial charge >= 0.3 is 0 Å². The molecule has 0 saturated carbocycles. The van der Waals surface area contributed by atoms with Gasteiger partial charge in [-0.3, -0.25) is 4.79 Å². The van der Waals surface area contributed by atoms with Gasteiger partial charge in [0.15, 0.2) is 5.69 Å². The van der Waals surface area contributed by atoms with Gasteiger partial charge in [0.05, 0.1) is 12.0 Å². The van der Waals surface area contributed by atoms with Crippen LogP contribution < -0.4 is 10.5 Å². The highest BCUT2D eigenvalue weighted by Gasteiger charge is 2.22. The topological polar surface area (TPSA) is 116 Å². The van der Waals surface area contributed by atoms with Crippen LogP contribution in [0.3, 0.4) is 0 Å². The molecule has 0 bridgehead atoms. The van der Waals surface area contributed by atoms with E-state index in [4.69, 9.17) is 5.26 Å². The molecule has 7 nitrogen and oxygen atoms in total. The van der Waals surface area contributed by atoms with Crippen molar-refractivity contribution in [1.29, 1.82) is 5.26 Å². The molecular formula is C22H24N4O3. The summed E-state index contributed by atoms with van der Waals surface area (Å²) in [6.07, 6.45) is 2.37. The van der Waals surface area contributed by atoms with Crippen molar-refractivity contribution in [3.63, 3.8) is 0 Å². The Balaban J connectivity index is 2.03. The summed E-state index contributed by atoms with van der Waals surface area (Å²) in [6.45, 7) is 4.07. The Kier molecular flexibility index (Phi) is 6.29. The molecular weight excluding hydrogens is 368 g/mol. The quantitative estimate of drug-likeness (QED) is 0.365. The molecule has 4 N–H and O–H groups in total. The standard InChI is InChI=1S/C22H24N4O3/c1-14(2)10-19(22(27)25-9-7-23)16-5-3-4-15(11-16)18-12-17-6-8-24-21(17)20(13-18)26(28)29/h3-6,8,11-14,19,24,26,28H,9-10H2,1-2H3,(H,25,27). The Hall–Kier alpha value is -3.18. The number of nitrogens with one attached hydrogen (secondary N) is 3. The number of aromatic amines is 1. The summed E-state index contributed by atoms with van der Waals surface area (Å²) in [4.78, 5) is 15.6. The first kappa shape index (κ1) is 20.6. The largest absolute Gasteiger partial charge is 0.595 e. The van der Waals surface area contributed by atoms with Gasteiger partial charge in [0.2, 0.25) is 5.91 Å². The first-order valence-electron chi connectivity index (χ1n) is 9.50. The zero-order valence-electron chi connectivity index (χ0n) is 16.4. The van der Waals surface area contributed by atoms with Crippen LogP contribution in [0, 0.1) is 22.5 Å². The van der Waals surface area contributed by atoms with E-state index in [-0.39, 0.29) is 24.1 Å². The van der Waals surface area contributed by atoms with Crippen molar-refractivity contribution in [2.24, 2.45) is 5.92 Å². The van der Waals surface area contributed by atoms with Crippen LogP contribution in [0.1, 0.15) is 31.7 Å². The number of carbonyl (C=O) groups excluding carboxylic acids is 1. The molecule has 1 amide bonds. The predicted octanol–water partition coefficient (Wildman–Crippen LogP) is 3.01. The fraction of sp³-hybridized carbons (Fsp3) is 0.273. The minimum atomic E-state index is -0.996. The van der Waals surface area contributed by atoms with Gasteiger partial charge in [-0.25, -0.2) is 5.21 Å². The van der Waals surface area contributed by atoms with Crippen LogP contribution in [0.2, 0.25) is 0 Å². The van der Waals surface area contributed by atoms with E-state index in [1.165, 1.54) is 0 Å². The summed E-state index contributed by atoms with van der Waals surface area (Å²) in [7, 11) is 0. The fourth-order valence-electron chi connectivity index (χ4n) is 3.56. The Morgan fingerprint density at radius 1 is 1.28 bits per heavy atom. The molecule has 0 fully saturated rings. The molecule has 2 atom stereocenters. The number of benzene rings is 2. The zero-order chi connectivity index (χ0) is 21.0. The van der Waals surface area contributed by atoms with Crippen LogP contribution in [-0.2, 0) is 4.79 Å². The van der Waals surface area contributed by atoms with Gasteiger partial charge in [0.1, 0.15) is 12.1 Å². The molecule has 3 rings (SSSR count). The molecule has 150 valence electrons. The van der Waals surface area contributed by atoms with Gasteiger partial charge in [-0.05, 0) is 41.2 Å². The van der Waals surface area contributed by atoms with Crippen molar-refractivity contribution >= 4 is 22.5 Å². The second kappa shape index (κ2) is 8.88. The summed E-state index contributed by atoms with van der Waals surface area (Å²) < 4.78 is 0. The number of aromatic nitrogens is 1. The number of nitrogens with zero attached hydrogens (tertiary/aromatic N) is 1. The Morgan fingerprint density at radius 2 is 2.07 bits per heavy atom. The molecule has 2 aromatic carbocycles. The molecule has 29 heavy (non-hydrogen) atoms. The molecule has 0 aliphatic heterocycles. The van der Waals surface area contributed by atoms with E-state index in [0.717, 1.165) is 22.1 Å². The van der Waals surface area contributed by atoms with E-state index >= 15 is 0 Å². The summed E-state index contributed by atoms with van der Waals surface area (Å²) >= 11 is 0. The third-order valence-electron chi connectivity index (χ3n) is 4.88. The number of rotatable bonds is 7. The maximum atomic E-state index is 12.6. The fourth-order valence-corrected chi connectivity index (χ4v) is 3.56. The molecule has 1 aromatic heterocycles. The number of carbonyl (C=O) groups is 1. The average Bonchev–Trinajstić information content (AvgIpc) is 3.18. The highest BCUT2D eigenvalue weighted by molar-refractivity contribution is 5.92. The van der Waals surface area contributed by atoms with E-state index in [0.29, 0.717) is 17.9 Å². The molecule has 3 aromatic rings. The van der Waals surface area contributed by atoms with Gasteiger partial charge in [-0.1, -0.05) is 38.1 Å². The van der Waals surface area contributed by atoms with E-state index in [2.05, 4.69) is 10.3 Å². The maximum Gasteiger partial charge on any atom is 0.228 e. The molecule has 0 spiro atoms. The average molecular weight is 392 g/mol. The number of nitriles is 1. The highest BCUT2D eigenvalue weighted by Crippen LogP contribution is 2.32. The zero-order valence-corrected chi connectivity index (χ0v) is 16.4. The van der Waals surface area contributed by atoms with Crippen molar-refractivity contribution in [3.8, 4) is 17.2 Å². The number of hydrogen-bond acceptors (Lipinski definition) is 4. The van der Waals surface area contributed by atoms with Crippen molar-refractivity contribution in [3.05, 3.63) is 59.4 Å². The second-order valence-corrected chi connectivity index (χ2v) is 7.45. The summed E-state index contributed by atoms with van der Waals surface area (Å²) in [5, 5.41) is 32.5. The number of hydrogen-bond donors (Lipinski definition) is 4. The molecule has 0 saturated heterocycles. The summed E-state index contributed by atoms with van der Waals surface area (Å²) in [5.74, 6) is -0.255. The maximum absolute atomic E-state index is 12.6. The third kappa shape index (κ3) is 4.63. The van der Waals surface area contributed by atoms with Gasteiger partial charge in [-0.2, -0.15) is 10.5 Å². The molecule has 1 heterocycles. The lowest BCUT2D eigenvalue weighted by molar-refractivity contribution is -0.990. The SMILES string of the molecule is CC(C)CC(C(=O)NCC#N)c1cccc(-c2cc([NH+]([O-])O)c3[nH]ccc3c2)c1. The van der Waals surface area contributed by atoms with Crippen molar-refractivity contribution in [2.75, 3.05) is 6.54 Å². The van der Waals surface area contributed by atoms with Gasteiger partial charge in [0.25, 0.3) is 0 Å². The van der Waals surface area contributed by atoms with E-state index < -0.39 is 5.23 Å². The minimum Gasteiger partial charge on any atom is -0.595 e. The smallest absolute Gasteiger partial charge is 0.228 e. The molecule has 0 radical (unpaired) electrons. The number of H-pyrrole nitrogens is 1. The first-order chi connectivity index (χ1) is 13.9. The number of amides is 1. The van der Waals surface area contributed by atoms with Crippen LogP contribution in [0.5, 0.6) is 0 Å². The van der Waals surface area contributed by atoms with Gasteiger partial charge < -0.3 is 15.5 Å². The van der Waals surface area contributed by atoms with Crippen LogP contribution in [-0.4, -0.2) is 22.6 Å². The summed E-state index contributed by atoms with van der Waals surface area (Å²) in [5.41, 5.74) is 3.26. The normalized spacial score (nSPS) is 13.2. The Labute approximate surface area is 169 Å². The lowest BCUT2D eigenvalue weighted by Gasteiger charge is -2.19. The van der Waals surface area contributed by atoms with Gasteiger partial charge in [-0.15, -0.1) is 0 Å². The van der Waals surface area contributed by atoms with Crippen molar-refractivity contribution in [1.82, 2.24) is 10.3 Å². The number of quaternary nitrogens is 1. The van der Waals surface area contributed by atoms with Crippen LogP contribution in [0.25, 0.3) is 22.0 Å². The van der Waals surface area contributed by atoms with Crippen LogP contribution in [0.15, 0.2) is 48.7 Å². The minimum absolute atomic E-state index is 0.0285. The van der Waals surface area contributed by atoms with Gasteiger partial charge in [0, 0.05) is 17.6 Å². The molecule has 0 aliphatic rings. The Morgan fingerprint density at radius 3 is 2.76 bits per heavy atom. The molecule has 0 aliphatic carbocycles.